The second-order valence-electron chi connectivity index (χ2n) is 5.67. The van der Waals surface area contributed by atoms with Gasteiger partial charge >= 0.3 is 0 Å². The number of nitrogens with one attached hydrogen (secondary N) is 2. The van der Waals surface area contributed by atoms with Gasteiger partial charge in [0.05, 0.1) is 5.69 Å². The summed E-state index contributed by atoms with van der Waals surface area (Å²) in [7, 11) is 0. The van der Waals surface area contributed by atoms with E-state index < -0.39 is 23.1 Å². The zero-order valence-corrected chi connectivity index (χ0v) is 13.6. The van der Waals surface area contributed by atoms with E-state index in [1.54, 1.807) is 24.3 Å². The number of anilines is 1. The number of amides is 1. The number of aliphatic hydroxyl groups is 1. The Morgan fingerprint density at radius 2 is 1.23 bits per heavy atom. The quantitative estimate of drug-likeness (QED) is 0.616. The topological polar surface area (TPSA) is 61.4 Å². The first-order chi connectivity index (χ1) is 12.5. The van der Waals surface area contributed by atoms with Crippen LogP contribution in [0.5, 0.6) is 0 Å². The fraction of sp³-hybridized carbons (Fsp3) is 0.0500. The number of benzene rings is 3. The molecule has 0 aliphatic heterocycles. The summed E-state index contributed by atoms with van der Waals surface area (Å²) in [5, 5.41) is 11.2. The Bertz CT molecular complexity index is 836. The van der Waals surface area contributed by atoms with Gasteiger partial charge in [-0.3, -0.25) is 15.6 Å². The van der Waals surface area contributed by atoms with Crippen LogP contribution in [0, 0.1) is 11.6 Å². The van der Waals surface area contributed by atoms with Crippen molar-refractivity contribution in [2.24, 2.45) is 0 Å². The van der Waals surface area contributed by atoms with Gasteiger partial charge in [-0.1, -0.05) is 42.5 Å². The van der Waals surface area contributed by atoms with Crippen LogP contribution in [0.2, 0.25) is 0 Å². The number of rotatable bonds is 5. The predicted molar refractivity (Wildman–Crippen MR) is 94.0 cm³/mol. The lowest BCUT2D eigenvalue weighted by molar-refractivity contribution is -0.136. The smallest absolute Gasteiger partial charge is 0.279 e. The zero-order valence-electron chi connectivity index (χ0n) is 13.6. The molecule has 0 bridgehead atoms. The maximum atomic E-state index is 13.3. The van der Waals surface area contributed by atoms with Crippen LogP contribution in [-0.4, -0.2) is 11.0 Å². The lowest BCUT2D eigenvalue weighted by Crippen LogP contribution is -2.47. The highest BCUT2D eigenvalue weighted by Crippen LogP contribution is 2.30. The molecule has 4 nitrogen and oxygen atoms in total. The highest BCUT2D eigenvalue weighted by atomic mass is 19.1. The predicted octanol–water partition coefficient (Wildman–Crippen LogP) is 3.34. The molecule has 0 aromatic heterocycles. The molecule has 3 rings (SSSR count). The van der Waals surface area contributed by atoms with Gasteiger partial charge in [-0.2, -0.15) is 0 Å². The van der Waals surface area contributed by atoms with Gasteiger partial charge in [0.25, 0.3) is 5.91 Å². The summed E-state index contributed by atoms with van der Waals surface area (Å²) in [5.74, 6) is -1.80. The molecule has 0 spiro atoms. The summed E-state index contributed by atoms with van der Waals surface area (Å²) in [4.78, 5) is 12.8. The number of hydrogen-bond acceptors (Lipinski definition) is 3. The molecule has 3 aromatic rings. The zero-order chi connectivity index (χ0) is 18.6. The Labute approximate surface area is 149 Å². The molecular formula is C20H16F2N2O2. The van der Waals surface area contributed by atoms with E-state index in [0.29, 0.717) is 5.69 Å². The Balaban J connectivity index is 1.95. The normalized spacial score (nSPS) is 11.0. The molecule has 0 unspecified atom stereocenters. The Kier molecular flexibility index (Phi) is 4.95. The van der Waals surface area contributed by atoms with Crippen LogP contribution >= 0.6 is 0 Å². The van der Waals surface area contributed by atoms with Crippen molar-refractivity contribution in [1.29, 1.82) is 0 Å². The maximum absolute atomic E-state index is 13.3. The molecule has 0 aliphatic carbocycles. The first-order valence-corrected chi connectivity index (χ1v) is 7.86. The summed E-state index contributed by atoms with van der Waals surface area (Å²) >= 11 is 0. The van der Waals surface area contributed by atoms with Crippen molar-refractivity contribution < 1.29 is 18.7 Å². The highest BCUT2D eigenvalue weighted by molar-refractivity contribution is 5.90. The minimum absolute atomic E-state index is 0.151. The van der Waals surface area contributed by atoms with Gasteiger partial charge in [0.1, 0.15) is 11.6 Å². The molecule has 6 heteroatoms. The summed E-state index contributed by atoms with van der Waals surface area (Å²) in [6.45, 7) is 0. The average Bonchev–Trinajstić information content (AvgIpc) is 2.67. The maximum Gasteiger partial charge on any atom is 0.279 e. The van der Waals surface area contributed by atoms with E-state index in [2.05, 4.69) is 10.9 Å². The molecule has 26 heavy (non-hydrogen) atoms. The van der Waals surface area contributed by atoms with Gasteiger partial charge in [0.2, 0.25) is 0 Å². The van der Waals surface area contributed by atoms with Crippen molar-refractivity contribution in [2.75, 3.05) is 5.43 Å². The van der Waals surface area contributed by atoms with Gasteiger partial charge < -0.3 is 5.11 Å². The SMILES string of the molecule is O=C(NNc1ccccc1)C(O)(c1ccc(F)cc1)c1ccc(F)cc1. The number of carbonyl (C=O) groups is 1. The third kappa shape index (κ3) is 3.55. The van der Waals surface area contributed by atoms with Crippen LogP contribution < -0.4 is 10.9 Å². The molecule has 0 saturated carbocycles. The Morgan fingerprint density at radius 3 is 1.69 bits per heavy atom. The van der Waals surface area contributed by atoms with E-state index in [9.17, 15) is 18.7 Å². The molecule has 0 heterocycles. The van der Waals surface area contributed by atoms with Crippen LogP contribution in [0.1, 0.15) is 11.1 Å². The van der Waals surface area contributed by atoms with Crippen molar-refractivity contribution in [3.8, 4) is 0 Å². The highest BCUT2D eigenvalue weighted by Gasteiger charge is 2.40. The minimum atomic E-state index is -2.14. The van der Waals surface area contributed by atoms with Crippen LogP contribution in [0.4, 0.5) is 14.5 Å². The number of carbonyl (C=O) groups excluding carboxylic acids is 1. The van der Waals surface area contributed by atoms with E-state index in [1.807, 2.05) is 6.07 Å². The first kappa shape index (κ1) is 17.6. The molecule has 3 N–H and O–H groups in total. The van der Waals surface area contributed by atoms with Crippen LogP contribution in [0.15, 0.2) is 78.9 Å². The molecule has 0 fully saturated rings. The van der Waals surface area contributed by atoms with Crippen LogP contribution in [0.3, 0.4) is 0 Å². The summed E-state index contributed by atoms with van der Waals surface area (Å²) in [5.41, 5.74) is 3.92. The minimum Gasteiger partial charge on any atom is -0.372 e. The second-order valence-corrected chi connectivity index (χ2v) is 5.67. The lowest BCUT2D eigenvalue weighted by atomic mass is 9.85. The number of hydrazine groups is 1. The lowest BCUT2D eigenvalue weighted by Gasteiger charge is -2.28. The first-order valence-electron chi connectivity index (χ1n) is 7.86. The second kappa shape index (κ2) is 7.33. The van der Waals surface area contributed by atoms with E-state index in [1.165, 1.54) is 24.3 Å². The molecule has 0 radical (unpaired) electrons. The third-order valence-electron chi connectivity index (χ3n) is 3.95. The van der Waals surface area contributed by atoms with Crippen molar-refractivity contribution in [3.63, 3.8) is 0 Å². The van der Waals surface area contributed by atoms with E-state index >= 15 is 0 Å². The Hall–Kier alpha value is -3.25. The van der Waals surface area contributed by atoms with Crippen molar-refractivity contribution in [2.45, 2.75) is 5.60 Å². The number of halogens is 2. The molecule has 1 amide bonds. The van der Waals surface area contributed by atoms with E-state index in [0.717, 1.165) is 24.3 Å². The summed E-state index contributed by atoms with van der Waals surface area (Å²) in [6.07, 6.45) is 0. The van der Waals surface area contributed by atoms with E-state index in [4.69, 9.17) is 0 Å². The molecule has 0 aliphatic rings. The van der Waals surface area contributed by atoms with Gasteiger partial charge in [-0.05, 0) is 47.5 Å². The summed E-state index contributed by atoms with van der Waals surface area (Å²) < 4.78 is 26.5. The Morgan fingerprint density at radius 1 is 0.769 bits per heavy atom. The molecule has 132 valence electrons. The fourth-order valence-corrected chi connectivity index (χ4v) is 2.55. The van der Waals surface area contributed by atoms with Crippen LogP contribution in [0.25, 0.3) is 0 Å². The molecule has 0 saturated heterocycles. The van der Waals surface area contributed by atoms with Crippen molar-refractivity contribution in [1.82, 2.24) is 5.43 Å². The molecular weight excluding hydrogens is 338 g/mol. The largest absolute Gasteiger partial charge is 0.372 e. The monoisotopic (exact) mass is 354 g/mol. The van der Waals surface area contributed by atoms with Crippen molar-refractivity contribution in [3.05, 3.63) is 102 Å². The van der Waals surface area contributed by atoms with Gasteiger partial charge in [-0.25, -0.2) is 8.78 Å². The fourth-order valence-electron chi connectivity index (χ4n) is 2.55. The number of para-hydroxylation sites is 1. The van der Waals surface area contributed by atoms with Gasteiger partial charge in [-0.15, -0.1) is 0 Å². The van der Waals surface area contributed by atoms with Gasteiger partial charge in [0, 0.05) is 0 Å². The van der Waals surface area contributed by atoms with Gasteiger partial charge in [0.15, 0.2) is 5.60 Å². The number of hydrogen-bond donors (Lipinski definition) is 3. The van der Waals surface area contributed by atoms with Crippen LogP contribution in [-0.2, 0) is 10.4 Å². The standard InChI is InChI=1S/C20H16F2N2O2/c21-16-10-6-14(7-11-16)20(26,15-8-12-17(22)13-9-15)19(25)24-23-18-4-2-1-3-5-18/h1-13,23,26H,(H,24,25). The third-order valence-corrected chi connectivity index (χ3v) is 3.95. The molecule has 0 atom stereocenters. The van der Waals surface area contributed by atoms with Crippen molar-refractivity contribution >= 4 is 11.6 Å². The average molecular weight is 354 g/mol. The molecule has 3 aromatic carbocycles. The summed E-state index contributed by atoms with van der Waals surface area (Å²) in [6, 6.07) is 18.6. The van der Waals surface area contributed by atoms with E-state index in [-0.39, 0.29) is 11.1 Å².